The van der Waals surface area contributed by atoms with Crippen molar-refractivity contribution in [3.05, 3.63) is 34.2 Å². The number of aryl methyl sites for hydroxylation is 1. The van der Waals surface area contributed by atoms with Crippen LogP contribution in [0.1, 0.15) is 55.6 Å². The first-order chi connectivity index (χ1) is 16.4. The lowest BCUT2D eigenvalue weighted by molar-refractivity contribution is -0.939. The zero-order valence-electron chi connectivity index (χ0n) is 20.1. The van der Waals surface area contributed by atoms with Crippen LogP contribution in [0.5, 0.6) is 0 Å². The quantitative estimate of drug-likeness (QED) is 0.375. The first kappa shape index (κ1) is 26.3. The molecule has 2 N–H and O–H groups in total. The molecule has 2 aromatic heterocycles. The third-order valence-electron chi connectivity index (χ3n) is 8.08. The summed E-state index contributed by atoms with van der Waals surface area (Å²) >= 11 is 1.42. The number of carbonyl (C=O) groups is 2. The average molecular weight is 569 g/mol. The Kier molecular flexibility index (Phi) is 8.05. The van der Waals surface area contributed by atoms with E-state index < -0.39 is 11.6 Å². The molecule has 2 aromatic rings. The number of anilines is 1. The van der Waals surface area contributed by atoms with Crippen LogP contribution in [0.25, 0.3) is 0 Å². The maximum atomic E-state index is 13.6. The lowest BCUT2D eigenvalue weighted by Crippen LogP contribution is -3.00. The van der Waals surface area contributed by atoms with E-state index in [1.807, 2.05) is 17.5 Å². The van der Waals surface area contributed by atoms with E-state index in [0.29, 0.717) is 34.0 Å². The second kappa shape index (κ2) is 10.7. The number of nitrogens with zero attached hydrogens (tertiary/aromatic N) is 2. The summed E-state index contributed by atoms with van der Waals surface area (Å²) in [5.74, 6) is 0.600. The summed E-state index contributed by atoms with van der Waals surface area (Å²) in [4.78, 5) is 27.1. The number of fused-ring (bicyclic) bond motifs is 3. The van der Waals surface area contributed by atoms with E-state index in [9.17, 15) is 14.7 Å². The van der Waals surface area contributed by atoms with Crippen LogP contribution in [-0.2, 0) is 19.9 Å². The molecule has 35 heavy (non-hydrogen) atoms. The number of thiophene rings is 1. The summed E-state index contributed by atoms with van der Waals surface area (Å²) in [5, 5.41) is 20.4. The van der Waals surface area contributed by atoms with Crippen molar-refractivity contribution >= 4 is 29.0 Å². The standard InChI is InChI=1S/C25H33N3O5S.BrH/c1-17-14-22(27-33-17)26-23(29)16-28-11-9-18(10-12-28)20(15-28)32-24(30)25(31,21-8-5-13-34-21)19-6-3-2-4-7-19;/h5,8,13-14,18-20,31H,2-4,6-7,9-12,15-16H2,1H3;1H/t18?,20-,25?,28?;/m0./s1. The predicted octanol–water partition coefficient (Wildman–Crippen LogP) is 0.607. The van der Waals surface area contributed by atoms with Crippen LogP contribution >= 0.6 is 11.3 Å². The number of rotatable bonds is 7. The summed E-state index contributed by atoms with van der Waals surface area (Å²) in [5.41, 5.74) is -1.59. The van der Waals surface area contributed by atoms with E-state index in [1.165, 1.54) is 11.3 Å². The van der Waals surface area contributed by atoms with Gasteiger partial charge in [0, 0.05) is 35.6 Å². The van der Waals surface area contributed by atoms with Crippen molar-refractivity contribution in [2.75, 3.05) is 31.5 Å². The number of hydrogen-bond donors (Lipinski definition) is 2. The maximum Gasteiger partial charge on any atom is 0.344 e. The van der Waals surface area contributed by atoms with E-state index in [1.54, 1.807) is 13.0 Å². The first-order valence-electron chi connectivity index (χ1n) is 12.4. The fourth-order valence-corrected chi connectivity index (χ4v) is 7.09. The van der Waals surface area contributed by atoms with Gasteiger partial charge in [0.05, 0.1) is 13.1 Å². The summed E-state index contributed by atoms with van der Waals surface area (Å²) in [6.45, 7) is 4.48. The van der Waals surface area contributed by atoms with Gasteiger partial charge in [0.25, 0.3) is 5.91 Å². The third-order valence-corrected chi connectivity index (χ3v) is 9.07. The van der Waals surface area contributed by atoms with Gasteiger partial charge in [0.15, 0.2) is 24.1 Å². The molecule has 4 fully saturated rings. The molecule has 3 aliphatic heterocycles. The molecule has 6 rings (SSSR count). The van der Waals surface area contributed by atoms with Crippen LogP contribution in [0.4, 0.5) is 5.82 Å². The Balaban J connectivity index is 0.00000289. The van der Waals surface area contributed by atoms with E-state index >= 15 is 0 Å². The molecule has 1 saturated carbocycles. The number of quaternary nitrogens is 1. The van der Waals surface area contributed by atoms with E-state index in [-0.39, 0.29) is 40.8 Å². The molecule has 1 aliphatic carbocycles. The van der Waals surface area contributed by atoms with Crippen molar-refractivity contribution in [2.45, 2.75) is 63.6 Å². The Morgan fingerprint density at radius 1 is 1.26 bits per heavy atom. The van der Waals surface area contributed by atoms with Gasteiger partial charge in [-0.1, -0.05) is 30.5 Å². The van der Waals surface area contributed by atoms with Gasteiger partial charge in [-0.2, -0.15) is 0 Å². The zero-order valence-corrected chi connectivity index (χ0v) is 22.5. The van der Waals surface area contributed by atoms with Crippen LogP contribution in [0.2, 0.25) is 0 Å². The van der Waals surface area contributed by atoms with Crippen LogP contribution in [0.3, 0.4) is 0 Å². The fourth-order valence-electron chi connectivity index (χ4n) is 6.20. The van der Waals surface area contributed by atoms with Gasteiger partial charge in [-0.25, -0.2) is 4.79 Å². The van der Waals surface area contributed by atoms with Gasteiger partial charge in [-0.05, 0) is 31.2 Å². The minimum Gasteiger partial charge on any atom is -1.00 e. The normalized spacial score (nSPS) is 28.1. The molecule has 1 amide bonds. The van der Waals surface area contributed by atoms with E-state index in [4.69, 9.17) is 9.26 Å². The second-order valence-electron chi connectivity index (χ2n) is 10.4. The molecule has 192 valence electrons. The predicted molar refractivity (Wildman–Crippen MR) is 127 cm³/mol. The van der Waals surface area contributed by atoms with Crippen molar-refractivity contribution in [3.63, 3.8) is 0 Å². The van der Waals surface area contributed by atoms with Gasteiger partial charge >= 0.3 is 5.97 Å². The Morgan fingerprint density at radius 3 is 2.63 bits per heavy atom. The van der Waals surface area contributed by atoms with Gasteiger partial charge in [0.1, 0.15) is 12.3 Å². The van der Waals surface area contributed by atoms with Crippen molar-refractivity contribution < 1.29 is 45.4 Å². The largest absolute Gasteiger partial charge is 1.00 e. The highest BCUT2D eigenvalue weighted by Crippen LogP contribution is 2.43. The SMILES string of the molecule is Cc1cc(NC(=O)C[N+]23CCC(CC2)[C@@H](OC(=O)C(O)(c2cccs2)C2CCCCC2)C3)no1.[Br-]. The molecule has 8 nitrogen and oxygen atoms in total. The topological polar surface area (TPSA) is 102 Å². The van der Waals surface area contributed by atoms with E-state index in [2.05, 4.69) is 10.5 Å². The molecular weight excluding hydrogens is 534 g/mol. The molecule has 3 saturated heterocycles. The molecule has 10 heteroatoms. The Morgan fingerprint density at radius 2 is 2.00 bits per heavy atom. The Hall–Kier alpha value is -1.75. The number of amides is 1. The third kappa shape index (κ3) is 5.35. The minimum atomic E-state index is -1.59. The second-order valence-corrected chi connectivity index (χ2v) is 11.3. The van der Waals surface area contributed by atoms with Gasteiger partial charge in [-0.3, -0.25) is 4.79 Å². The summed E-state index contributed by atoms with van der Waals surface area (Å²) in [6.07, 6.45) is 6.40. The highest BCUT2D eigenvalue weighted by atomic mass is 79.9. The van der Waals surface area contributed by atoms with Crippen LogP contribution < -0.4 is 22.3 Å². The van der Waals surface area contributed by atoms with Gasteiger partial charge in [0.2, 0.25) is 0 Å². The lowest BCUT2D eigenvalue weighted by atomic mass is 9.75. The number of ether oxygens (including phenoxy) is 1. The minimum absolute atomic E-state index is 0. The molecular formula is C25H34BrN3O5S. The van der Waals surface area contributed by atoms with Crippen LogP contribution in [0, 0.1) is 18.8 Å². The highest BCUT2D eigenvalue weighted by molar-refractivity contribution is 7.10. The maximum absolute atomic E-state index is 13.6. The zero-order chi connectivity index (χ0) is 23.8. The van der Waals surface area contributed by atoms with Crippen molar-refractivity contribution in [3.8, 4) is 0 Å². The summed E-state index contributed by atoms with van der Waals surface area (Å²) < 4.78 is 11.8. The monoisotopic (exact) mass is 567 g/mol. The Labute approximate surface area is 220 Å². The molecule has 5 heterocycles. The number of halogens is 1. The van der Waals surface area contributed by atoms with Gasteiger partial charge in [-0.15, -0.1) is 11.3 Å². The highest BCUT2D eigenvalue weighted by Gasteiger charge is 2.53. The number of aliphatic hydroxyl groups is 1. The van der Waals surface area contributed by atoms with Crippen LogP contribution in [0.15, 0.2) is 28.1 Å². The number of esters is 1. The smallest absolute Gasteiger partial charge is 0.344 e. The van der Waals surface area contributed by atoms with E-state index in [0.717, 1.165) is 58.0 Å². The number of carbonyl (C=O) groups excluding carboxylic acids is 2. The molecule has 4 aliphatic rings. The molecule has 0 aromatic carbocycles. The number of hydrogen-bond acceptors (Lipinski definition) is 7. The average Bonchev–Trinajstić information content (AvgIpc) is 3.52. The fraction of sp³-hybridized carbons (Fsp3) is 0.640. The lowest BCUT2D eigenvalue weighted by Gasteiger charge is -2.52. The molecule has 1 unspecified atom stereocenters. The van der Waals surface area contributed by atoms with Gasteiger partial charge < -0.3 is 41.1 Å². The van der Waals surface area contributed by atoms with Crippen molar-refractivity contribution in [1.29, 1.82) is 0 Å². The van der Waals surface area contributed by atoms with Crippen molar-refractivity contribution in [1.82, 2.24) is 5.16 Å². The molecule has 2 bridgehead atoms. The molecule has 0 radical (unpaired) electrons. The Bertz CT molecular complexity index is 1010. The number of piperidine rings is 3. The van der Waals surface area contributed by atoms with Crippen molar-refractivity contribution in [2.24, 2.45) is 11.8 Å². The number of aromatic nitrogens is 1. The van der Waals surface area contributed by atoms with Crippen LogP contribution in [-0.4, -0.2) is 58.9 Å². The first-order valence-corrected chi connectivity index (χ1v) is 13.3. The summed E-state index contributed by atoms with van der Waals surface area (Å²) in [7, 11) is 0. The number of nitrogens with one attached hydrogen (secondary N) is 1. The molecule has 0 spiro atoms. The summed E-state index contributed by atoms with van der Waals surface area (Å²) in [6, 6.07) is 5.42. The molecule has 2 atom stereocenters.